The summed E-state index contributed by atoms with van der Waals surface area (Å²) in [6.45, 7) is -4.35. The van der Waals surface area contributed by atoms with Crippen molar-refractivity contribution in [3.8, 4) is 16.9 Å². The van der Waals surface area contributed by atoms with Crippen molar-refractivity contribution in [3.63, 3.8) is 0 Å². The van der Waals surface area contributed by atoms with Gasteiger partial charge in [0.15, 0.2) is 5.78 Å². The molecule has 0 aliphatic heterocycles. The van der Waals surface area contributed by atoms with Crippen molar-refractivity contribution in [2.24, 2.45) is 0 Å². The van der Waals surface area contributed by atoms with Gasteiger partial charge in [0.05, 0.1) is 41.5 Å². The SMILES string of the molecule is CC(=O)c1cc(-c2ccccc2)ccc1OCC(CN(CCN(CC(=O)[O-])CC(=O)[O-])CC(=O)[O-])N(CC(=O)[O-])CC(=O)[O-].[Gd+3]. The van der Waals surface area contributed by atoms with Crippen LogP contribution in [-0.4, -0.2) is 115 Å². The smallest absolute Gasteiger partial charge is 0.549 e. The van der Waals surface area contributed by atoms with Crippen LogP contribution >= 0.6 is 0 Å². The van der Waals surface area contributed by atoms with Gasteiger partial charge in [-0.3, -0.25) is 19.5 Å². The third kappa shape index (κ3) is 14.9. The molecule has 1 unspecified atom stereocenters. The van der Waals surface area contributed by atoms with Crippen molar-refractivity contribution < 1.29 is 99.0 Å². The number of hydrogen-bond donors (Lipinski definition) is 0. The molecule has 45 heavy (non-hydrogen) atoms. The Labute approximate surface area is 290 Å². The van der Waals surface area contributed by atoms with E-state index in [1.165, 1.54) is 13.0 Å². The number of hydrogen-bond acceptors (Lipinski definition) is 15. The number of benzene rings is 2. The number of aliphatic carboxylic acids is 5. The summed E-state index contributed by atoms with van der Waals surface area (Å²) in [7, 11) is 0. The van der Waals surface area contributed by atoms with Crippen LogP contribution in [0.25, 0.3) is 11.1 Å². The van der Waals surface area contributed by atoms with Crippen LogP contribution in [0.3, 0.4) is 0 Å². The fourth-order valence-electron chi connectivity index (χ4n) is 4.42. The van der Waals surface area contributed by atoms with E-state index in [9.17, 15) is 54.3 Å². The van der Waals surface area contributed by atoms with E-state index < -0.39 is 75.2 Å². The Hall–Kier alpha value is -3.54. The van der Waals surface area contributed by atoms with Crippen molar-refractivity contribution in [2.45, 2.75) is 13.0 Å². The topological polar surface area (TPSA) is 237 Å². The van der Waals surface area contributed by atoms with Crippen LogP contribution in [0, 0.1) is 39.9 Å². The molecule has 0 N–H and O–H groups in total. The third-order valence-corrected chi connectivity index (χ3v) is 6.34. The first-order valence-electron chi connectivity index (χ1n) is 13.3. The Balaban J connectivity index is 0.0000101. The second-order valence-corrected chi connectivity index (χ2v) is 9.81. The number of carboxylic acid groups (broad SMARTS) is 5. The summed E-state index contributed by atoms with van der Waals surface area (Å²) >= 11 is 0. The van der Waals surface area contributed by atoms with Crippen molar-refractivity contribution in [1.82, 2.24) is 14.7 Å². The molecule has 0 amide bonds. The standard InChI is InChI=1S/C29H35N3O12.Gd/c1-19(33)23-11-21(20-5-3-2-4-6-20)7-8-24(23)44-18-22(32(16-28(40)41)17-29(42)43)12-30(13-25(34)35)9-10-31(14-26(36)37)15-27(38)39;/h2-8,11,22H,9-10,12-18H2,1H3,(H,34,35)(H,36,37)(H,38,39)(H,40,41)(H,42,43);/q;+3/p-5. The zero-order valence-electron chi connectivity index (χ0n) is 24.2. The number of ether oxygens (including phenoxy) is 1. The van der Waals surface area contributed by atoms with Gasteiger partial charge in [0.1, 0.15) is 12.4 Å². The van der Waals surface area contributed by atoms with Crippen LogP contribution in [0.4, 0.5) is 0 Å². The monoisotopic (exact) mass is 770 g/mol. The quantitative estimate of drug-likeness (QED) is 0.108. The number of rotatable bonds is 21. The van der Waals surface area contributed by atoms with Crippen molar-refractivity contribution in [3.05, 3.63) is 54.1 Å². The number of carboxylic acids is 5. The van der Waals surface area contributed by atoms with E-state index in [1.807, 2.05) is 30.3 Å². The van der Waals surface area contributed by atoms with Gasteiger partial charge in [0.2, 0.25) is 0 Å². The van der Waals surface area contributed by atoms with Gasteiger partial charge in [-0.15, -0.1) is 0 Å². The zero-order valence-corrected chi connectivity index (χ0v) is 26.4. The molecule has 0 saturated carbocycles. The Morgan fingerprint density at radius 1 is 0.667 bits per heavy atom. The predicted octanol–water partition coefficient (Wildman–Crippen LogP) is -6.04. The maximum atomic E-state index is 12.5. The fourth-order valence-corrected chi connectivity index (χ4v) is 4.42. The molecule has 0 saturated heterocycles. The number of Topliss-reactive ketones (excluding diaryl/α,β-unsaturated/α-hetero) is 1. The van der Waals surface area contributed by atoms with Crippen LogP contribution in [0.5, 0.6) is 5.75 Å². The summed E-state index contributed by atoms with van der Waals surface area (Å²) in [6.07, 6.45) is 0. The van der Waals surface area contributed by atoms with Gasteiger partial charge >= 0.3 is 39.9 Å². The zero-order chi connectivity index (χ0) is 32.8. The molecule has 0 aromatic heterocycles. The minimum Gasteiger partial charge on any atom is -0.549 e. The van der Waals surface area contributed by atoms with Gasteiger partial charge in [0, 0.05) is 52.4 Å². The second-order valence-electron chi connectivity index (χ2n) is 9.81. The maximum absolute atomic E-state index is 12.5. The molecule has 1 atom stereocenters. The largest absolute Gasteiger partial charge is 3.00 e. The summed E-state index contributed by atoms with van der Waals surface area (Å²) in [5.41, 5.74) is 1.69. The van der Waals surface area contributed by atoms with Crippen molar-refractivity contribution in [1.29, 1.82) is 0 Å². The molecule has 2 rings (SSSR count). The Bertz CT molecular complexity index is 1310. The average molecular weight is 770 g/mol. The van der Waals surface area contributed by atoms with Crippen molar-refractivity contribution >= 4 is 35.6 Å². The van der Waals surface area contributed by atoms with E-state index in [1.54, 1.807) is 12.1 Å². The molecule has 2 aromatic rings. The molecule has 0 aliphatic rings. The van der Waals surface area contributed by atoms with Gasteiger partial charge in [-0.25, -0.2) is 0 Å². The first kappa shape index (κ1) is 39.5. The fraction of sp³-hybridized carbons (Fsp3) is 0.379. The number of carbonyl (C=O) groups excluding carboxylic acids is 6. The summed E-state index contributed by atoms with van der Waals surface area (Å²) in [6, 6.07) is 12.7. The van der Waals surface area contributed by atoms with Gasteiger partial charge in [-0.05, 0) is 30.2 Å². The third-order valence-electron chi connectivity index (χ3n) is 6.34. The van der Waals surface area contributed by atoms with E-state index in [4.69, 9.17) is 4.74 Å². The molecular weight excluding hydrogens is 740 g/mol. The molecule has 16 heteroatoms. The van der Waals surface area contributed by atoms with Crippen LogP contribution in [-0.2, 0) is 24.0 Å². The molecule has 15 nitrogen and oxygen atoms in total. The van der Waals surface area contributed by atoms with E-state index in [-0.39, 0.29) is 76.7 Å². The summed E-state index contributed by atoms with van der Waals surface area (Å²) in [5, 5.41) is 56.5. The van der Waals surface area contributed by atoms with Crippen LogP contribution < -0.4 is 30.3 Å². The van der Waals surface area contributed by atoms with E-state index in [2.05, 4.69) is 0 Å². The van der Waals surface area contributed by atoms with Crippen LogP contribution in [0.2, 0.25) is 0 Å². The van der Waals surface area contributed by atoms with Crippen molar-refractivity contribution in [2.75, 3.05) is 59.0 Å². The first-order valence-corrected chi connectivity index (χ1v) is 13.3. The average Bonchev–Trinajstić information content (AvgIpc) is 2.92. The van der Waals surface area contributed by atoms with Crippen LogP contribution in [0.15, 0.2) is 48.5 Å². The minimum absolute atomic E-state index is 0. The first-order chi connectivity index (χ1) is 20.7. The number of nitrogens with zero attached hydrogens (tertiary/aromatic N) is 3. The second kappa shape index (κ2) is 19.8. The molecule has 243 valence electrons. The molecule has 1 radical (unpaired) electrons. The molecule has 2 aromatic carbocycles. The van der Waals surface area contributed by atoms with E-state index >= 15 is 0 Å². The van der Waals surface area contributed by atoms with Gasteiger partial charge in [-0.2, -0.15) is 0 Å². The molecule has 0 aliphatic carbocycles. The van der Waals surface area contributed by atoms with Crippen LogP contribution in [0.1, 0.15) is 17.3 Å². The van der Waals surface area contributed by atoms with E-state index in [0.717, 1.165) is 20.3 Å². The van der Waals surface area contributed by atoms with E-state index in [0.29, 0.717) is 5.56 Å². The molecule has 0 fully saturated rings. The maximum Gasteiger partial charge on any atom is 3.00 e. The molecule has 0 bridgehead atoms. The summed E-state index contributed by atoms with van der Waals surface area (Å²) < 4.78 is 5.87. The Kier molecular flexibility index (Phi) is 17.3. The molecule has 0 heterocycles. The minimum atomic E-state index is -1.66. The normalized spacial score (nSPS) is 11.6. The molecular formula is C29H30GdN3O12-2. The van der Waals surface area contributed by atoms with Gasteiger partial charge in [-0.1, -0.05) is 36.4 Å². The predicted molar refractivity (Wildman–Crippen MR) is 141 cm³/mol. The van der Waals surface area contributed by atoms with Gasteiger partial charge in [0.25, 0.3) is 0 Å². The number of carbonyl (C=O) groups is 6. The molecule has 0 spiro atoms. The Morgan fingerprint density at radius 3 is 1.64 bits per heavy atom. The van der Waals surface area contributed by atoms with Gasteiger partial charge < -0.3 is 54.2 Å². The Morgan fingerprint density at radius 2 is 1.16 bits per heavy atom. The summed E-state index contributed by atoms with van der Waals surface area (Å²) in [5.74, 6) is -8.38. The number of ketones is 1. The summed E-state index contributed by atoms with van der Waals surface area (Å²) in [4.78, 5) is 71.9.